The fourth-order valence-corrected chi connectivity index (χ4v) is 0.459. The van der Waals surface area contributed by atoms with Crippen molar-refractivity contribution in [1.29, 1.82) is 5.41 Å². The molecule has 1 atom stereocenters. The van der Waals surface area contributed by atoms with Crippen LogP contribution in [0.3, 0.4) is 0 Å². The van der Waals surface area contributed by atoms with E-state index in [4.69, 9.17) is 5.41 Å². The molecule has 0 spiro atoms. The van der Waals surface area contributed by atoms with Gasteiger partial charge in [-0.15, -0.1) is 0 Å². The Morgan fingerprint density at radius 2 is 2.33 bits per heavy atom. The second-order valence-corrected chi connectivity index (χ2v) is 2.19. The fourth-order valence-electron chi connectivity index (χ4n) is 0.459. The van der Waals surface area contributed by atoms with Crippen molar-refractivity contribution in [2.75, 3.05) is 13.1 Å². The number of rotatable bonds is 4. The van der Waals surface area contributed by atoms with Gasteiger partial charge in [-0.3, -0.25) is 0 Å². The molecule has 1 unspecified atom stereocenters. The van der Waals surface area contributed by atoms with Crippen molar-refractivity contribution in [1.82, 2.24) is 5.32 Å². The fraction of sp³-hybridized carbons (Fsp3) is 0.833. The first-order valence-electron chi connectivity index (χ1n) is 3.01. The summed E-state index contributed by atoms with van der Waals surface area (Å²) < 4.78 is 12.0. The molecule has 2 nitrogen and oxygen atoms in total. The number of hydrogen-bond acceptors (Lipinski definition) is 2. The zero-order valence-corrected chi connectivity index (χ0v) is 5.87. The molecule has 0 bridgehead atoms. The van der Waals surface area contributed by atoms with Gasteiger partial charge in [-0.2, -0.15) is 0 Å². The van der Waals surface area contributed by atoms with Crippen LogP contribution in [0.15, 0.2) is 0 Å². The Balaban J connectivity index is 3.01. The molecule has 0 aliphatic carbocycles. The first kappa shape index (κ1) is 8.56. The van der Waals surface area contributed by atoms with E-state index in [1.165, 1.54) is 6.92 Å². The van der Waals surface area contributed by atoms with E-state index in [0.717, 1.165) is 0 Å². The molecule has 0 fully saturated rings. The summed E-state index contributed by atoms with van der Waals surface area (Å²) in [6.07, 6.45) is -0.815. The molecule has 9 heavy (non-hydrogen) atoms. The smallest absolute Gasteiger partial charge is 0.110 e. The van der Waals surface area contributed by atoms with Crippen LogP contribution in [0, 0.1) is 5.41 Å². The molecular weight excluding hydrogens is 119 g/mol. The lowest BCUT2D eigenvalue weighted by Crippen LogP contribution is -2.26. The van der Waals surface area contributed by atoms with Crippen LogP contribution in [0.5, 0.6) is 0 Å². The average molecular weight is 132 g/mol. The molecule has 0 saturated heterocycles. The van der Waals surface area contributed by atoms with E-state index in [9.17, 15) is 4.39 Å². The minimum Gasteiger partial charge on any atom is -0.309 e. The molecule has 0 aliphatic heterocycles. The van der Waals surface area contributed by atoms with Gasteiger partial charge in [-0.25, -0.2) is 4.39 Å². The summed E-state index contributed by atoms with van der Waals surface area (Å²) in [5.41, 5.74) is 0.538. The van der Waals surface area contributed by atoms with Gasteiger partial charge >= 0.3 is 0 Å². The lowest BCUT2D eigenvalue weighted by atomic mass is 10.4. The minimum absolute atomic E-state index is 0.343. The van der Waals surface area contributed by atoms with Crippen molar-refractivity contribution < 1.29 is 4.39 Å². The second-order valence-electron chi connectivity index (χ2n) is 2.19. The highest BCUT2D eigenvalue weighted by Crippen LogP contribution is 1.82. The molecule has 0 aromatic rings. The highest BCUT2D eigenvalue weighted by atomic mass is 19.1. The molecule has 0 saturated carbocycles. The van der Waals surface area contributed by atoms with Crippen molar-refractivity contribution in [3.05, 3.63) is 0 Å². The van der Waals surface area contributed by atoms with E-state index < -0.39 is 6.17 Å². The Morgan fingerprint density at radius 1 is 1.78 bits per heavy atom. The third kappa shape index (κ3) is 7.56. The first-order chi connectivity index (χ1) is 4.13. The van der Waals surface area contributed by atoms with E-state index in [-0.39, 0.29) is 0 Å². The van der Waals surface area contributed by atoms with Crippen molar-refractivity contribution in [2.24, 2.45) is 0 Å². The van der Waals surface area contributed by atoms with Gasteiger partial charge in [0, 0.05) is 18.8 Å². The van der Waals surface area contributed by atoms with Gasteiger partial charge in [0.25, 0.3) is 0 Å². The highest BCUT2D eigenvalue weighted by Gasteiger charge is 1.95. The zero-order chi connectivity index (χ0) is 7.28. The molecule has 0 rings (SSSR count). The Morgan fingerprint density at radius 3 is 2.67 bits per heavy atom. The molecule has 0 aliphatic rings. The Kier molecular flexibility index (Phi) is 4.22. The Labute approximate surface area is 55.0 Å². The molecule has 0 amide bonds. The SMILES string of the molecule is CC(=N)CNCC(C)F. The molecule has 0 aromatic carbocycles. The summed E-state index contributed by atoms with van der Waals surface area (Å²) in [4.78, 5) is 0. The number of halogens is 1. The van der Waals surface area contributed by atoms with Crippen LogP contribution in [0.2, 0.25) is 0 Å². The standard InChI is InChI=1S/C6H13FN2/c1-5(7)3-9-4-6(2)8/h5,8-9H,3-4H2,1-2H3. The summed E-state index contributed by atoms with van der Waals surface area (Å²) >= 11 is 0. The zero-order valence-electron chi connectivity index (χ0n) is 5.87. The van der Waals surface area contributed by atoms with E-state index >= 15 is 0 Å². The summed E-state index contributed by atoms with van der Waals surface area (Å²) in [7, 11) is 0. The van der Waals surface area contributed by atoms with Crippen molar-refractivity contribution in [3.63, 3.8) is 0 Å². The van der Waals surface area contributed by atoms with Gasteiger partial charge in [-0.05, 0) is 13.8 Å². The maximum Gasteiger partial charge on any atom is 0.110 e. The number of nitrogens with one attached hydrogen (secondary N) is 2. The normalized spacial score (nSPS) is 13.2. The van der Waals surface area contributed by atoms with Gasteiger partial charge in [-0.1, -0.05) is 0 Å². The Bertz CT molecular complexity index is 91.1. The van der Waals surface area contributed by atoms with Crippen LogP contribution in [-0.2, 0) is 0 Å². The van der Waals surface area contributed by atoms with Crippen molar-refractivity contribution in [3.8, 4) is 0 Å². The molecule has 3 heteroatoms. The third-order valence-corrected chi connectivity index (χ3v) is 0.816. The van der Waals surface area contributed by atoms with Crippen molar-refractivity contribution >= 4 is 5.71 Å². The predicted molar refractivity (Wildman–Crippen MR) is 36.8 cm³/mol. The summed E-state index contributed by atoms with van der Waals surface area (Å²) in [6, 6.07) is 0. The van der Waals surface area contributed by atoms with Crippen LogP contribution >= 0.6 is 0 Å². The topological polar surface area (TPSA) is 35.9 Å². The number of hydrogen-bond donors (Lipinski definition) is 2. The van der Waals surface area contributed by atoms with E-state index in [2.05, 4.69) is 5.32 Å². The molecule has 54 valence electrons. The van der Waals surface area contributed by atoms with Crippen LogP contribution in [0.25, 0.3) is 0 Å². The molecule has 0 radical (unpaired) electrons. The monoisotopic (exact) mass is 132 g/mol. The quantitative estimate of drug-likeness (QED) is 0.549. The minimum atomic E-state index is -0.815. The molecule has 2 N–H and O–H groups in total. The largest absolute Gasteiger partial charge is 0.309 e. The summed E-state index contributed by atoms with van der Waals surface area (Å²) in [5.74, 6) is 0. The van der Waals surface area contributed by atoms with Crippen LogP contribution < -0.4 is 5.32 Å². The van der Waals surface area contributed by atoms with Crippen LogP contribution in [0.1, 0.15) is 13.8 Å². The van der Waals surface area contributed by atoms with E-state index in [1.54, 1.807) is 6.92 Å². The van der Waals surface area contributed by atoms with Crippen LogP contribution in [-0.4, -0.2) is 25.0 Å². The third-order valence-electron chi connectivity index (χ3n) is 0.816. The second kappa shape index (κ2) is 4.44. The van der Waals surface area contributed by atoms with Gasteiger partial charge in [0.15, 0.2) is 0 Å². The Hall–Kier alpha value is -0.440. The summed E-state index contributed by atoms with van der Waals surface area (Å²) in [6.45, 7) is 4.02. The summed E-state index contributed by atoms with van der Waals surface area (Å²) in [5, 5.41) is 9.74. The van der Waals surface area contributed by atoms with Crippen LogP contribution in [0.4, 0.5) is 4.39 Å². The molecule has 0 heterocycles. The first-order valence-corrected chi connectivity index (χ1v) is 3.01. The lowest BCUT2D eigenvalue weighted by molar-refractivity contribution is 0.350. The van der Waals surface area contributed by atoms with Gasteiger partial charge < -0.3 is 10.7 Å². The lowest BCUT2D eigenvalue weighted by Gasteiger charge is -2.02. The van der Waals surface area contributed by atoms with Crippen molar-refractivity contribution in [2.45, 2.75) is 20.0 Å². The molecule has 0 aromatic heterocycles. The van der Waals surface area contributed by atoms with Gasteiger partial charge in [0.05, 0.1) is 0 Å². The maximum absolute atomic E-state index is 12.0. The average Bonchev–Trinajstić information content (AvgIpc) is 1.63. The highest BCUT2D eigenvalue weighted by molar-refractivity contribution is 5.80. The number of alkyl halides is 1. The predicted octanol–water partition coefficient (Wildman–Crippen LogP) is 0.974. The van der Waals surface area contributed by atoms with Gasteiger partial charge in [0.1, 0.15) is 6.17 Å². The van der Waals surface area contributed by atoms with Gasteiger partial charge in [0.2, 0.25) is 0 Å². The molecular formula is C6H13FN2. The maximum atomic E-state index is 12.0. The van der Waals surface area contributed by atoms with E-state index in [1.807, 2.05) is 0 Å². The van der Waals surface area contributed by atoms with E-state index in [0.29, 0.717) is 18.8 Å².